The van der Waals surface area contributed by atoms with E-state index >= 15 is 0 Å². The Labute approximate surface area is 114 Å². The van der Waals surface area contributed by atoms with E-state index in [4.69, 9.17) is 5.73 Å². The van der Waals surface area contributed by atoms with E-state index in [0.29, 0.717) is 19.5 Å². The quantitative estimate of drug-likeness (QED) is 0.828. The van der Waals surface area contributed by atoms with Crippen LogP contribution >= 0.6 is 0 Å². The van der Waals surface area contributed by atoms with E-state index in [1.165, 1.54) is 0 Å². The van der Waals surface area contributed by atoms with Gasteiger partial charge in [-0.3, -0.25) is 0 Å². The third-order valence-corrected chi connectivity index (χ3v) is 2.87. The van der Waals surface area contributed by atoms with Crippen molar-refractivity contribution in [1.29, 1.82) is 0 Å². The molecule has 110 valence electrons. The van der Waals surface area contributed by atoms with Crippen molar-refractivity contribution in [1.82, 2.24) is 9.55 Å². The minimum atomic E-state index is -4.29. The van der Waals surface area contributed by atoms with Gasteiger partial charge in [0.05, 0.1) is 6.61 Å². The number of rotatable bonds is 6. The fourth-order valence-corrected chi connectivity index (χ4v) is 2.07. The summed E-state index contributed by atoms with van der Waals surface area (Å²) in [6, 6.07) is 3.76. The van der Waals surface area contributed by atoms with Crippen LogP contribution in [0.2, 0.25) is 0 Å². The summed E-state index contributed by atoms with van der Waals surface area (Å²) in [5.74, 6) is 0. The molecule has 0 aromatic carbocycles. The molecule has 0 amide bonds. The number of fused-ring (bicyclic) bond motifs is 1. The van der Waals surface area contributed by atoms with Crippen molar-refractivity contribution in [2.45, 2.75) is 19.1 Å². The summed E-state index contributed by atoms with van der Waals surface area (Å²) in [4.78, 5) is 4.26. The third kappa shape index (κ3) is 3.71. The molecule has 2 aromatic heterocycles. The van der Waals surface area contributed by atoms with Gasteiger partial charge in [-0.25, -0.2) is 4.98 Å². The van der Waals surface area contributed by atoms with Crippen LogP contribution in [0.3, 0.4) is 0 Å². The molecule has 0 aliphatic rings. The maximum Gasteiger partial charge on any atom is 0.411 e. The Balaban J connectivity index is 2.06. The Morgan fingerprint density at radius 2 is 2.15 bits per heavy atom. The summed E-state index contributed by atoms with van der Waals surface area (Å²) >= 11 is 0. The van der Waals surface area contributed by atoms with Gasteiger partial charge in [0.25, 0.3) is 0 Å². The molecule has 0 fully saturated rings. The van der Waals surface area contributed by atoms with Crippen molar-refractivity contribution in [3.05, 3.63) is 30.1 Å². The Hall–Kier alpha value is -1.60. The number of halogens is 3. The minimum Gasteiger partial charge on any atom is -0.370 e. The van der Waals surface area contributed by atoms with Crippen LogP contribution in [0, 0.1) is 0 Å². The van der Waals surface area contributed by atoms with E-state index in [0.717, 1.165) is 16.6 Å². The van der Waals surface area contributed by atoms with Crippen LogP contribution in [0.1, 0.15) is 5.56 Å². The summed E-state index contributed by atoms with van der Waals surface area (Å²) in [5, 5.41) is 0.980. The Morgan fingerprint density at radius 1 is 1.35 bits per heavy atom. The summed E-state index contributed by atoms with van der Waals surface area (Å²) < 4.78 is 42.4. The first-order valence-electron chi connectivity index (χ1n) is 6.28. The number of nitrogens with two attached hydrogens (primary N) is 1. The highest BCUT2D eigenvalue weighted by molar-refractivity contribution is 5.80. The van der Waals surface area contributed by atoms with Crippen molar-refractivity contribution < 1.29 is 17.9 Å². The standard InChI is InChI=1S/C13H16F3N3O/c14-13(15,16)9-20-7-6-19-8-10(3-4-17)11-2-1-5-18-12(11)19/h1-2,5,8H,3-4,6-7,9,17H2. The average molecular weight is 287 g/mol. The molecule has 0 atom stereocenters. The lowest BCUT2D eigenvalue weighted by Crippen LogP contribution is -2.18. The van der Waals surface area contributed by atoms with Crippen molar-refractivity contribution in [2.75, 3.05) is 19.8 Å². The smallest absolute Gasteiger partial charge is 0.370 e. The second-order valence-electron chi connectivity index (χ2n) is 4.43. The summed E-state index contributed by atoms with van der Waals surface area (Å²) in [6.07, 6.45) is -0.0522. The molecule has 0 saturated carbocycles. The van der Waals surface area contributed by atoms with E-state index in [1.807, 2.05) is 18.3 Å². The highest BCUT2D eigenvalue weighted by Crippen LogP contribution is 2.20. The lowest BCUT2D eigenvalue weighted by atomic mass is 10.2. The first-order valence-corrected chi connectivity index (χ1v) is 6.28. The Morgan fingerprint density at radius 3 is 2.85 bits per heavy atom. The predicted octanol–water partition coefficient (Wildman–Crippen LogP) is 2.12. The summed E-state index contributed by atoms with van der Waals surface area (Å²) in [6.45, 7) is -0.399. The molecule has 0 aliphatic heterocycles. The number of aromatic nitrogens is 2. The number of hydrogen-bond acceptors (Lipinski definition) is 3. The highest BCUT2D eigenvalue weighted by Gasteiger charge is 2.27. The molecule has 0 unspecified atom stereocenters. The van der Waals surface area contributed by atoms with Gasteiger partial charge in [-0.05, 0) is 30.7 Å². The zero-order chi connectivity index (χ0) is 14.6. The number of nitrogens with zero attached hydrogens (tertiary/aromatic N) is 2. The molecule has 0 bridgehead atoms. The van der Waals surface area contributed by atoms with E-state index in [9.17, 15) is 13.2 Å². The lowest BCUT2D eigenvalue weighted by Gasteiger charge is -2.08. The molecular weight excluding hydrogens is 271 g/mol. The number of alkyl halides is 3. The molecule has 2 heterocycles. The molecule has 20 heavy (non-hydrogen) atoms. The van der Waals surface area contributed by atoms with Crippen LogP contribution in [0.4, 0.5) is 13.2 Å². The van der Waals surface area contributed by atoms with Crippen molar-refractivity contribution >= 4 is 11.0 Å². The molecule has 4 nitrogen and oxygen atoms in total. The number of pyridine rings is 1. The SMILES string of the molecule is NCCc1cn(CCOCC(F)(F)F)c2ncccc12. The van der Waals surface area contributed by atoms with Gasteiger partial charge in [-0.1, -0.05) is 0 Å². The van der Waals surface area contributed by atoms with E-state index in [-0.39, 0.29) is 6.61 Å². The fourth-order valence-electron chi connectivity index (χ4n) is 2.07. The highest BCUT2D eigenvalue weighted by atomic mass is 19.4. The molecule has 0 saturated heterocycles. The molecule has 0 spiro atoms. The third-order valence-electron chi connectivity index (χ3n) is 2.87. The van der Waals surface area contributed by atoms with Crippen LogP contribution in [-0.4, -0.2) is 35.5 Å². The largest absolute Gasteiger partial charge is 0.411 e. The number of ether oxygens (including phenoxy) is 1. The molecule has 0 aliphatic carbocycles. The zero-order valence-corrected chi connectivity index (χ0v) is 10.9. The van der Waals surface area contributed by atoms with Crippen LogP contribution in [-0.2, 0) is 17.7 Å². The predicted molar refractivity (Wildman–Crippen MR) is 69.4 cm³/mol. The zero-order valence-electron chi connectivity index (χ0n) is 10.9. The van der Waals surface area contributed by atoms with Gasteiger partial charge in [0.2, 0.25) is 0 Å². The van der Waals surface area contributed by atoms with Crippen LogP contribution in [0.25, 0.3) is 11.0 Å². The maximum absolute atomic E-state index is 12.0. The van der Waals surface area contributed by atoms with Gasteiger partial charge >= 0.3 is 6.18 Å². The minimum absolute atomic E-state index is 0.0120. The normalized spacial score (nSPS) is 12.2. The van der Waals surface area contributed by atoms with Gasteiger partial charge in [0.15, 0.2) is 0 Å². The van der Waals surface area contributed by atoms with Crippen molar-refractivity contribution in [3.8, 4) is 0 Å². The lowest BCUT2D eigenvalue weighted by molar-refractivity contribution is -0.174. The van der Waals surface area contributed by atoms with Gasteiger partial charge in [-0.2, -0.15) is 13.2 Å². The molecule has 0 radical (unpaired) electrons. The molecule has 2 aromatic rings. The molecule has 2 N–H and O–H groups in total. The first kappa shape index (κ1) is 14.8. The average Bonchev–Trinajstić information content (AvgIpc) is 2.73. The molecule has 2 rings (SSSR count). The second-order valence-corrected chi connectivity index (χ2v) is 4.43. The van der Waals surface area contributed by atoms with Crippen molar-refractivity contribution in [3.63, 3.8) is 0 Å². The Kier molecular flexibility index (Phi) is 4.61. The van der Waals surface area contributed by atoms with Gasteiger partial charge in [0, 0.05) is 24.3 Å². The fraction of sp³-hybridized carbons (Fsp3) is 0.462. The van der Waals surface area contributed by atoms with Gasteiger partial charge in [0.1, 0.15) is 12.3 Å². The van der Waals surface area contributed by atoms with E-state index in [2.05, 4.69) is 9.72 Å². The van der Waals surface area contributed by atoms with E-state index < -0.39 is 12.8 Å². The summed E-state index contributed by atoms with van der Waals surface area (Å²) in [7, 11) is 0. The monoisotopic (exact) mass is 287 g/mol. The van der Waals surface area contributed by atoms with Crippen LogP contribution in [0.5, 0.6) is 0 Å². The van der Waals surface area contributed by atoms with Crippen LogP contribution < -0.4 is 5.73 Å². The van der Waals surface area contributed by atoms with Gasteiger partial charge in [-0.15, -0.1) is 0 Å². The second kappa shape index (κ2) is 6.23. The Bertz CT molecular complexity index is 565. The van der Waals surface area contributed by atoms with E-state index in [1.54, 1.807) is 10.8 Å². The first-order chi connectivity index (χ1) is 9.51. The number of hydrogen-bond donors (Lipinski definition) is 1. The molecule has 7 heteroatoms. The van der Waals surface area contributed by atoms with Crippen molar-refractivity contribution in [2.24, 2.45) is 5.73 Å². The summed E-state index contributed by atoms with van der Waals surface area (Å²) in [5.41, 5.74) is 7.34. The molecular formula is C13H16F3N3O. The van der Waals surface area contributed by atoms with Crippen LogP contribution in [0.15, 0.2) is 24.5 Å². The topological polar surface area (TPSA) is 53.1 Å². The maximum atomic E-state index is 12.0. The van der Waals surface area contributed by atoms with Gasteiger partial charge < -0.3 is 15.0 Å².